The van der Waals surface area contributed by atoms with E-state index in [-0.39, 0.29) is 30.8 Å². The van der Waals surface area contributed by atoms with Crippen molar-refractivity contribution in [2.24, 2.45) is 0 Å². The van der Waals surface area contributed by atoms with Crippen LogP contribution in [0.1, 0.15) is 30.1 Å². The number of nitrogens with zero attached hydrogens (tertiary/aromatic N) is 3. The van der Waals surface area contributed by atoms with Gasteiger partial charge in [0.25, 0.3) is 5.91 Å². The summed E-state index contributed by atoms with van der Waals surface area (Å²) in [6.07, 6.45) is 4.34. The molecule has 2 N–H and O–H groups in total. The Balaban J connectivity index is 1.78. The van der Waals surface area contributed by atoms with E-state index in [2.05, 4.69) is 15.6 Å². The van der Waals surface area contributed by atoms with Gasteiger partial charge in [0.05, 0.1) is 12.1 Å². The van der Waals surface area contributed by atoms with Gasteiger partial charge in [-0.25, -0.2) is 0 Å². The fourth-order valence-corrected chi connectivity index (χ4v) is 3.37. The predicted molar refractivity (Wildman–Crippen MR) is 95.5 cm³/mol. The Bertz CT molecular complexity index is 739. The van der Waals surface area contributed by atoms with Gasteiger partial charge in [-0.3, -0.25) is 24.2 Å². The van der Waals surface area contributed by atoms with Crippen LogP contribution >= 0.6 is 0 Å². The van der Waals surface area contributed by atoms with E-state index in [1.165, 1.54) is 22.9 Å². The number of rotatable bonds is 3. The number of pyridine rings is 1. The van der Waals surface area contributed by atoms with Crippen molar-refractivity contribution in [1.82, 2.24) is 25.4 Å². The van der Waals surface area contributed by atoms with Crippen LogP contribution in [0.5, 0.6) is 0 Å². The minimum absolute atomic E-state index is 0.0987. The van der Waals surface area contributed by atoms with Gasteiger partial charge >= 0.3 is 0 Å². The summed E-state index contributed by atoms with van der Waals surface area (Å²) in [5, 5.41) is 5.46. The van der Waals surface area contributed by atoms with Crippen molar-refractivity contribution in [3.8, 4) is 0 Å². The standard InChI is InChI=1S/C18H23N5O4/c1-12(24)22-8-9-23(18(27)13-4-2-6-19-10-13)15(11-22)17(26)21-14-5-3-7-20-16(14)25/h2,4,6,10,14-15H,3,5,7-9,11H2,1H3,(H,20,25)(H,21,26). The number of aromatic nitrogens is 1. The molecule has 4 amide bonds. The lowest BCUT2D eigenvalue weighted by Gasteiger charge is -2.40. The van der Waals surface area contributed by atoms with Crippen LogP contribution in [0, 0.1) is 0 Å². The van der Waals surface area contributed by atoms with E-state index in [0.717, 1.165) is 6.42 Å². The minimum atomic E-state index is -0.856. The van der Waals surface area contributed by atoms with Gasteiger partial charge in [0.2, 0.25) is 17.7 Å². The molecule has 0 spiro atoms. The maximum absolute atomic E-state index is 12.9. The molecular weight excluding hydrogens is 350 g/mol. The molecule has 144 valence electrons. The third-order valence-electron chi connectivity index (χ3n) is 4.90. The van der Waals surface area contributed by atoms with Gasteiger partial charge in [0.1, 0.15) is 12.1 Å². The summed E-state index contributed by atoms with van der Waals surface area (Å²) in [5.41, 5.74) is 0.377. The van der Waals surface area contributed by atoms with Crippen molar-refractivity contribution in [3.63, 3.8) is 0 Å². The van der Waals surface area contributed by atoms with Crippen molar-refractivity contribution in [1.29, 1.82) is 0 Å². The molecule has 2 atom stereocenters. The molecule has 1 aromatic heterocycles. The van der Waals surface area contributed by atoms with Crippen LogP contribution in [0.3, 0.4) is 0 Å². The maximum Gasteiger partial charge on any atom is 0.256 e. The van der Waals surface area contributed by atoms with Crippen LogP contribution in [0.4, 0.5) is 0 Å². The Hall–Kier alpha value is -2.97. The fourth-order valence-electron chi connectivity index (χ4n) is 3.37. The number of amides is 4. The molecule has 2 unspecified atom stereocenters. The second-order valence-corrected chi connectivity index (χ2v) is 6.72. The highest BCUT2D eigenvalue weighted by molar-refractivity contribution is 5.98. The number of nitrogens with one attached hydrogen (secondary N) is 2. The Labute approximate surface area is 157 Å². The van der Waals surface area contributed by atoms with E-state index in [4.69, 9.17) is 0 Å². The molecule has 0 radical (unpaired) electrons. The second-order valence-electron chi connectivity index (χ2n) is 6.72. The Morgan fingerprint density at radius 1 is 1.30 bits per heavy atom. The first kappa shape index (κ1) is 18.8. The van der Waals surface area contributed by atoms with Crippen molar-refractivity contribution in [2.75, 3.05) is 26.2 Å². The average molecular weight is 373 g/mol. The lowest BCUT2D eigenvalue weighted by atomic mass is 10.0. The van der Waals surface area contributed by atoms with Crippen LogP contribution in [0.2, 0.25) is 0 Å². The third-order valence-corrected chi connectivity index (χ3v) is 4.90. The van der Waals surface area contributed by atoms with Crippen LogP contribution in [0.15, 0.2) is 24.5 Å². The topological polar surface area (TPSA) is 112 Å². The molecule has 0 aromatic carbocycles. The molecule has 27 heavy (non-hydrogen) atoms. The van der Waals surface area contributed by atoms with Crippen LogP contribution in [0.25, 0.3) is 0 Å². The Morgan fingerprint density at radius 3 is 2.78 bits per heavy atom. The van der Waals surface area contributed by atoms with E-state index in [9.17, 15) is 19.2 Å². The van der Waals surface area contributed by atoms with Gasteiger partial charge in [0.15, 0.2) is 0 Å². The summed E-state index contributed by atoms with van der Waals surface area (Å²) in [7, 11) is 0. The molecule has 2 aliphatic rings. The lowest BCUT2D eigenvalue weighted by Crippen LogP contribution is -2.63. The number of piperidine rings is 1. The summed E-state index contributed by atoms with van der Waals surface area (Å²) < 4.78 is 0. The molecule has 0 aliphatic carbocycles. The first-order valence-electron chi connectivity index (χ1n) is 9.02. The van der Waals surface area contributed by atoms with E-state index in [0.29, 0.717) is 25.1 Å². The highest BCUT2D eigenvalue weighted by Gasteiger charge is 2.38. The molecule has 9 heteroatoms. The third kappa shape index (κ3) is 4.24. The molecule has 9 nitrogen and oxygen atoms in total. The molecule has 3 rings (SSSR count). The summed E-state index contributed by atoms with van der Waals surface area (Å²) in [5.74, 6) is -1.13. The summed E-state index contributed by atoms with van der Waals surface area (Å²) in [6, 6.07) is 1.82. The fraction of sp³-hybridized carbons (Fsp3) is 0.500. The molecule has 3 heterocycles. The highest BCUT2D eigenvalue weighted by Crippen LogP contribution is 2.15. The molecule has 0 saturated carbocycles. The molecule has 0 bridgehead atoms. The minimum Gasteiger partial charge on any atom is -0.354 e. The van der Waals surface area contributed by atoms with Gasteiger partial charge in [-0.2, -0.15) is 0 Å². The van der Waals surface area contributed by atoms with Crippen LogP contribution < -0.4 is 10.6 Å². The summed E-state index contributed by atoms with van der Waals surface area (Å²) in [4.78, 5) is 56.4. The van der Waals surface area contributed by atoms with Gasteiger partial charge < -0.3 is 20.4 Å². The number of carbonyl (C=O) groups is 4. The zero-order valence-corrected chi connectivity index (χ0v) is 15.2. The summed E-state index contributed by atoms with van der Waals surface area (Å²) in [6.45, 7) is 2.72. The molecule has 2 aliphatic heterocycles. The first-order chi connectivity index (χ1) is 13.0. The van der Waals surface area contributed by atoms with E-state index < -0.39 is 18.0 Å². The van der Waals surface area contributed by atoms with Crippen LogP contribution in [-0.4, -0.2) is 76.7 Å². The molecule has 1 aromatic rings. The van der Waals surface area contributed by atoms with Gasteiger partial charge in [-0.15, -0.1) is 0 Å². The highest BCUT2D eigenvalue weighted by atomic mass is 16.2. The largest absolute Gasteiger partial charge is 0.354 e. The second kappa shape index (κ2) is 8.15. The smallest absolute Gasteiger partial charge is 0.256 e. The first-order valence-corrected chi connectivity index (χ1v) is 9.02. The normalized spacial score (nSPS) is 22.8. The predicted octanol–water partition coefficient (Wildman–Crippen LogP) is -0.851. The number of hydrogen-bond acceptors (Lipinski definition) is 5. The summed E-state index contributed by atoms with van der Waals surface area (Å²) >= 11 is 0. The number of piperazine rings is 1. The zero-order chi connectivity index (χ0) is 19.4. The molecular formula is C18H23N5O4. The number of hydrogen-bond donors (Lipinski definition) is 2. The lowest BCUT2D eigenvalue weighted by molar-refractivity contribution is -0.137. The van der Waals surface area contributed by atoms with Crippen molar-refractivity contribution in [2.45, 2.75) is 31.8 Å². The van der Waals surface area contributed by atoms with E-state index in [1.807, 2.05) is 0 Å². The zero-order valence-electron chi connectivity index (χ0n) is 15.2. The van der Waals surface area contributed by atoms with Crippen molar-refractivity contribution < 1.29 is 19.2 Å². The molecule has 2 saturated heterocycles. The molecule has 2 fully saturated rings. The maximum atomic E-state index is 12.9. The Kier molecular flexibility index (Phi) is 5.68. The van der Waals surface area contributed by atoms with Gasteiger partial charge in [-0.1, -0.05) is 0 Å². The quantitative estimate of drug-likeness (QED) is 0.717. The van der Waals surface area contributed by atoms with Gasteiger partial charge in [-0.05, 0) is 25.0 Å². The van der Waals surface area contributed by atoms with Gasteiger partial charge in [0, 0.05) is 39.0 Å². The van der Waals surface area contributed by atoms with Crippen LogP contribution in [-0.2, 0) is 14.4 Å². The van der Waals surface area contributed by atoms with E-state index in [1.54, 1.807) is 18.3 Å². The van der Waals surface area contributed by atoms with Crippen molar-refractivity contribution in [3.05, 3.63) is 30.1 Å². The van der Waals surface area contributed by atoms with Crippen molar-refractivity contribution >= 4 is 23.6 Å². The van der Waals surface area contributed by atoms with E-state index >= 15 is 0 Å². The Morgan fingerprint density at radius 2 is 2.11 bits per heavy atom. The SMILES string of the molecule is CC(=O)N1CCN(C(=O)c2cccnc2)C(C(=O)NC2CCCNC2=O)C1. The number of carbonyl (C=O) groups excluding carboxylic acids is 4. The monoisotopic (exact) mass is 373 g/mol. The average Bonchev–Trinajstić information content (AvgIpc) is 2.69.